The number of carbonyl (C=O) groups is 1. The molecule has 4 rings (SSSR count). The molecule has 1 heterocycles. The molecule has 1 fully saturated rings. The van der Waals surface area contributed by atoms with Gasteiger partial charge in [-0.1, -0.05) is 36.7 Å². The Labute approximate surface area is 184 Å². The van der Waals surface area contributed by atoms with Gasteiger partial charge in [0.15, 0.2) is 5.58 Å². The van der Waals surface area contributed by atoms with Crippen molar-refractivity contribution in [1.82, 2.24) is 10.3 Å². The minimum Gasteiger partial charge on any atom is -0.495 e. The van der Waals surface area contributed by atoms with E-state index in [0.29, 0.717) is 27.8 Å². The summed E-state index contributed by atoms with van der Waals surface area (Å²) in [7, 11) is -2.38. The molecule has 164 valence electrons. The van der Waals surface area contributed by atoms with Gasteiger partial charge < -0.3 is 14.5 Å². The molecule has 2 N–H and O–H groups in total. The number of anilines is 1. The number of carbonyl (C=O) groups excluding carboxylic acids is 1. The maximum absolute atomic E-state index is 12.8. The first-order chi connectivity index (χ1) is 14.9. The third kappa shape index (κ3) is 5.13. The maximum Gasteiger partial charge on any atom is 0.262 e. The molecule has 8 nitrogen and oxygen atoms in total. The van der Waals surface area contributed by atoms with E-state index in [0.717, 1.165) is 25.7 Å². The predicted molar refractivity (Wildman–Crippen MR) is 119 cm³/mol. The molecule has 3 aromatic rings. The average molecular weight is 462 g/mol. The monoisotopic (exact) mass is 461 g/mol. The van der Waals surface area contributed by atoms with Crippen LogP contribution in [0.15, 0.2) is 57.0 Å². The van der Waals surface area contributed by atoms with Crippen LogP contribution in [-0.2, 0) is 14.8 Å². The van der Waals surface area contributed by atoms with Crippen molar-refractivity contribution in [3.63, 3.8) is 0 Å². The van der Waals surface area contributed by atoms with E-state index >= 15 is 0 Å². The summed E-state index contributed by atoms with van der Waals surface area (Å²) < 4.78 is 39.0. The minimum atomic E-state index is -3.85. The van der Waals surface area contributed by atoms with Crippen LogP contribution in [0.1, 0.15) is 25.7 Å². The Bertz CT molecular complexity index is 1190. The first-order valence-electron chi connectivity index (χ1n) is 9.93. The van der Waals surface area contributed by atoms with Crippen LogP contribution in [-0.4, -0.2) is 38.2 Å². The highest BCUT2D eigenvalue weighted by Gasteiger charge is 2.20. The molecule has 0 saturated heterocycles. The molecule has 1 aliphatic carbocycles. The zero-order valence-corrected chi connectivity index (χ0v) is 18.6. The number of benzene rings is 2. The number of hydrogen-bond acceptors (Lipinski definition) is 7. The molecule has 0 bridgehead atoms. The van der Waals surface area contributed by atoms with E-state index in [-0.39, 0.29) is 22.6 Å². The van der Waals surface area contributed by atoms with Crippen molar-refractivity contribution in [1.29, 1.82) is 0 Å². The fourth-order valence-corrected chi connectivity index (χ4v) is 5.25. The normalized spacial score (nSPS) is 14.6. The Morgan fingerprint density at radius 1 is 1.23 bits per heavy atom. The standard InChI is InChI=1S/C21H23N3O5S2/c1-28-18-9-5-4-8-16(18)24-31(26,27)15-10-11-19-17(12-15)23-21(29-19)30-13-20(25)22-14-6-2-3-7-14/h4-5,8-12,14,24H,2-3,6-7,13H2,1H3,(H,22,25). The topological polar surface area (TPSA) is 111 Å². The number of methoxy groups -OCH3 is 1. The van der Waals surface area contributed by atoms with Gasteiger partial charge in [-0.05, 0) is 43.2 Å². The number of fused-ring (bicyclic) bond motifs is 1. The molecule has 1 saturated carbocycles. The van der Waals surface area contributed by atoms with Gasteiger partial charge in [-0.15, -0.1) is 0 Å². The van der Waals surface area contributed by atoms with Gasteiger partial charge in [-0.3, -0.25) is 9.52 Å². The number of sulfonamides is 1. The lowest BCUT2D eigenvalue weighted by atomic mass is 10.2. The molecule has 0 spiro atoms. The van der Waals surface area contributed by atoms with E-state index in [2.05, 4.69) is 15.0 Å². The summed E-state index contributed by atoms with van der Waals surface area (Å²) in [4.78, 5) is 16.5. The van der Waals surface area contributed by atoms with Crippen molar-refractivity contribution in [3.05, 3.63) is 42.5 Å². The molecule has 10 heteroatoms. The van der Waals surface area contributed by atoms with Crippen LogP contribution in [0, 0.1) is 0 Å². The summed E-state index contributed by atoms with van der Waals surface area (Å²) in [6, 6.07) is 11.5. The second-order valence-electron chi connectivity index (χ2n) is 7.25. The number of thioether (sulfide) groups is 1. The summed E-state index contributed by atoms with van der Waals surface area (Å²) >= 11 is 1.19. The Balaban J connectivity index is 1.46. The number of nitrogens with one attached hydrogen (secondary N) is 2. The number of amides is 1. The van der Waals surface area contributed by atoms with E-state index in [9.17, 15) is 13.2 Å². The van der Waals surface area contributed by atoms with Crippen molar-refractivity contribution in [2.75, 3.05) is 17.6 Å². The van der Waals surface area contributed by atoms with Crippen LogP contribution in [0.25, 0.3) is 11.1 Å². The van der Waals surface area contributed by atoms with Crippen molar-refractivity contribution in [2.24, 2.45) is 0 Å². The van der Waals surface area contributed by atoms with E-state index < -0.39 is 10.0 Å². The smallest absolute Gasteiger partial charge is 0.262 e. The number of ether oxygens (including phenoxy) is 1. The van der Waals surface area contributed by atoms with Gasteiger partial charge in [0.1, 0.15) is 11.3 Å². The SMILES string of the molecule is COc1ccccc1NS(=O)(=O)c1ccc2oc(SCC(=O)NC3CCCC3)nc2c1. The highest BCUT2D eigenvalue weighted by molar-refractivity contribution is 7.99. The van der Waals surface area contributed by atoms with Gasteiger partial charge in [0.05, 0.1) is 23.4 Å². The van der Waals surface area contributed by atoms with Gasteiger partial charge >= 0.3 is 0 Å². The molecular weight excluding hydrogens is 438 g/mol. The highest BCUT2D eigenvalue weighted by Crippen LogP contribution is 2.29. The predicted octanol–water partition coefficient (Wildman–Crippen LogP) is 3.79. The number of para-hydroxylation sites is 2. The second-order valence-corrected chi connectivity index (χ2v) is 9.86. The molecule has 0 atom stereocenters. The molecular formula is C21H23N3O5S2. The number of hydrogen-bond donors (Lipinski definition) is 2. The fourth-order valence-electron chi connectivity index (χ4n) is 3.51. The fraction of sp³-hybridized carbons (Fsp3) is 0.333. The largest absolute Gasteiger partial charge is 0.495 e. The van der Waals surface area contributed by atoms with E-state index in [4.69, 9.17) is 9.15 Å². The van der Waals surface area contributed by atoms with Gasteiger partial charge in [-0.25, -0.2) is 13.4 Å². The van der Waals surface area contributed by atoms with Crippen LogP contribution in [0.5, 0.6) is 5.75 Å². The summed E-state index contributed by atoms with van der Waals surface area (Å²) in [6.45, 7) is 0. The lowest BCUT2D eigenvalue weighted by Crippen LogP contribution is -2.33. The molecule has 1 aromatic heterocycles. The van der Waals surface area contributed by atoms with Crippen molar-refractivity contribution < 1.29 is 22.4 Å². The zero-order chi connectivity index (χ0) is 21.8. The van der Waals surface area contributed by atoms with Gasteiger partial charge in [0, 0.05) is 6.04 Å². The maximum atomic E-state index is 12.8. The van der Waals surface area contributed by atoms with Crippen LogP contribution in [0.4, 0.5) is 5.69 Å². The highest BCUT2D eigenvalue weighted by atomic mass is 32.2. The number of rotatable bonds is 8. The van der Waals surface area contributed by atoms with Crippen molar-refractivity contribution >= 4 is 44.5 Å². The third-order valence-electron chi connectivity index (χ3n) is 5.05. The molecule has 0 radical (unpaired) electrons. The van der Waals surface area contributed by atoms with Crippen molar-refractivity contribution in [3.8, 4) is 5.75 Å². The number of nitrogens with zero attached hydrogens (tertiary/aromatic N) is 1. The summed E-state index contributed by atoms with van der Waals surface area (Å²) in [5.74, 6) is 0.565. The molecule has 1 aliphatic rings. The Morgan fingerprint density at radius 2 is 2.00 bits per heavy atom. The van der Waals surface area contributed by atoms with Gasteiger partial charge in [0.25, 0.3) is 15.2 Å². The first kappa shape index (κ1) is 21.5. The molecule has 1 amide bonds. The van der Waals surface area contributed by atoms with Crippen LogP contribution in [0.2, 0.25) is 0 Å². The number of aromatic nitrogens is 1. The van der Waals surface area contributed by atoms with E-state index in [1.54, 1.807) is 30.3 Å². The van der Waals surface area contributed by atoms with Crippen LogP contribution in [0.3, 0.4) is 0 Å². The first-order valence-corrected chi connectivity index (χ1v) is 12.4. The van der Waals surface area contributed by atoms with Crippen LogP contribution >= 0.6 is 11.8 Å². The van der Waals surface area contributed by atoms with E-state index in [1.165, 1.54) is 31.0 Å². The average Bonchev–Trinajstić information content (AvgIpc) is 3.41. The number of oxazole rings is 1. The van der Waals surface area contributed by atoms with Crippen molar-refractivity contribution in [2.45, 2.75) is 41.8 Å². The zero-order valence-electron chi connectivity index (χ0n) is 17.0. The quantitative estimate of drug-likeness (QED) is 0.491. The second kappa shape index (κ2) is 9.19. The minimum absolute atomic E-state index is 0.0507. The van der Waals surface area contributed by atoms with E-state index in [1.807, 2.05) is 0 Å². The van der Waals surface area contributed by atoms with Crippen LogP contribution < -0.4 is 14.8 Å². The summed E-state index contributed by atoms with van der Waals surface area (Å²) in [6.07, 6.45) is 4.36. The lowest BCUT2D eigenvalue weighted by molar-refractivity contribution is -0.119. The molecule has 0 aliphatic heterocycles. The van der Waals surface area contributed by atoms with Gasteiger partial charge in [-0.2, -0.15) is 0 Å². The molecule has 31 heavy (non-hydrogen) atoms. The lowest BCUT2D eigenvalue weighted by Gasteiger charge is -2.11. The molecule has 2 aromatic carbocycles. The van der Waals surface area contributed by atoms with Gasteiger partial charge in [0.2, 0.25) is 5.91 Å². The third-order valence-corrected chi connectivity index (χ3v) is 7.24. The summed E-state index contributed by atoms with van der Waals surface area (Å²) in [5.41, 5.74) is 1.20. The Morgan fingerprint density at radius 3 is 2.77 bits per heavy atom. The Kier molecular flexibility index (Phi) is 6.38. The Hall–Kier alpha value is -2.72. The molecule has 0 unspecified atom stereocenters. The summed E-state index contributed by atoms with van der Waals surface area (Å²) in [5, 5.41) is 3.34.